The molecule has 0 atom stereocenters. The first-order chi connectivity index (χ1) is 8.54. The molecule has 1 rings (SSSR count). The molecule has 0 aliphatic carbocycles. The van der Waals surface area contributed by atoms with Crippen LogP contribution in [0.1, 0.15) is 18.9 Å². The standard InChI is InChI=1S/C13H13FO4/c1-2-18-13(17)12(16)8-10(15)7-9-5-3-4-6-11(9)14/h3-6H,2,7-8H2,1H3. The number of esters is 1. The molecule has 18 heavy (non-hydrogen) atoms. The molecule has 0 saturated heterocycles. The van der Waals surface area contributed by atoms with E-state index >= 15 is 0 Å². The van der Waals surface area contributed by atoms with E-state index in [9.17, 15) is 18.8 Å². The lowest BCUT2D eigenvalue weighted by Gasteiger charge is -2.02. The number of rotatable bonds is 6. The minimum Gasteiger partial charge on any atom is -0.460 e. The maximum absolute atomic E-state index is 13.2. The van der Waals surface area contributed by atoms with Crippen LogP contribution in [0.25, 0.3) is 0 Å². The Morgan fingerprint density at radius 3 is 2.50 bits per heavy atom. The number of hydrogen-bond donors (Lipinski definition) is 0. The summed E-state index contributed by atoms with van der Waals surface area (Å²) in [6.45, 7) is 1.64. The molecule has 0 aliphatic rings. The van der Waals surface area contributed by atoms with E-state index in [4.69, 9.17) is 0 Å². The summed E-state index contributed by atoms with van der Waals surface area (Å²) in [5, 5.41) is 0. The van der Waals surface area contributed by atoms with Crippen LogP contribution in [0.5, 0.6) is 0 Å². The molecule has 0 aromatic heterocycles. The average Bonchev–Trinajstić information content (AvgIpc) is 2.32. The largest absolute Gasteiger partial charge is 0.460 e. The predicted molar refractivity (Wildman–Crippen MR) is 61.4 cm³/mol. The van der Waals surface area contributed by atoms with Gasteiger partial charge in [0.1, 0.15) is 11.6 Å². The van der Waals surface area contributed by atoms with Gasteiger partial charge in [-0.1, -0.05) is 18.2 Å². The van der Waals surface area contributed by atoms with Gasteiger partial charge in [0.05, 0.1) is 13.0 Å². The Morgan fingerprint density at radius 1 is 1.22 bits per heavy atom. The van der Waals surface area contributed by atoms with E-state index < -0.39 is 29.8 Å². The van der Waals surface area contributed by atoms with Crippen molar-refractivity contribution in [3.8, 4) is 0 Å². The van der Waals surface area contributed by atoms with Crippen molar-refractivity contribution in [1.29, 1.82) is 0 Å². The van der Waals surface area contributed by atoms with Crippen molar-refractivity contribution in [2.75, 3.05) is 6.61 Å². The van der Waals surface area contributed by atoms with Crippen LogP contribution in [0, 0.1) is 5.82 Å². The molecule has 1 aromatic rings. The van der Waals surface area contributed by atoms with E-state index in [1.54, 1.807) is 13.0 Å². The summed E-state index contributed by atoms with van der Waals surface area (Å²) in [6.07, 6.45) is -0.773. The number of ketones is 2. The zero-order valence-corrected chi connectivity index (χ0v) is 9.94. The third-order valence-corrected chi connectivity index (χ3v) is 2.21. The molecule has 4 nitrogen and oxygen atoms in total. The van der Waals surface area contributed by atoms with Gasteiger partial charge < -0.3 is 4.74 Å². The summed E-state index contributed by atoms with van der Waals surface area (Å²) in [4.78, 5) is 33.7. The second kappa shape index (κ2) is 6.64. The molecule has 5 heteroatoms. The number of benzene rings is 1. The van der Waals surface area contributed by atoms with Crippen molar-refractivity contribution >= 4 is 17.5 Å². The zero-order valence-electron chi connectivity index (χ0n) is 9.94. The lowest BCUT2D eigenvalue weighted by Crippen LogP contribution is -2.21. The normalized spacial score (nSPS) is 9.89. The fourth-order valence-corrected chi connectivity index (χ4v) is 1.38. The van der Waals surface area contributed by atoms with E-state index in [2.05, 4.69) is 4.74 Å². The Kier molecular flexibility index (Phi) is 5.17. The lowest BCUT2D eigenvalue weighted by atomic mass is 10.0. The van der Waals surface area contributed by atoms with E-state index in [1.807, 2.05) is 0 Å². The van der Waals surface area contributed by atoms with Crippen molar-refractivity contribution in [3.05, 3.63) is 35.6 Å². The molecule has 0 radical (unpaired) electrons. The van der Waals surface area contributed by atoms with Crippen molar-refractivity contribution in [2.45, 2.75) is 19.8 Å². The van der Waals surface area contributed by atoms with E-state index in [0.29, 0.717) is 0 Å². The maximum Gasteiger partial charge on any atom is 0.375 e. The lowest BCUT2D eigenvalue weighted by molar-refractivity contribution is -0.154. The van der Waals surface area contributed by atoms with E-state index in [1.165, 1.54) is 18.2 Å². The monoisotopic (exact) mass is 252 g/mol. The van der Waals surface area contributed by atoms with Gasteiger partial charge in [-0.3, -0.25) is 9.59 Å². The second-order valence-corrected chi connectivity index (χ2v) is 3.63. The molecule has 0 saturated carbocycles. The summed E-state index contributed by atoms with van der Waals surface area (Å²) in [7, 11) is 0. The summed E-state index contributed by atoms with van der Waals surface area (Å²) < 4.78 is 17.7. The van der Waals surface area contributed by atoms with Crippen LogP contribution < -0.4 is 0 Å². The maximum atomic E-state index is 13.2. The van der Waals surface area contributed by atoms with E-state index in [-0.39, 0.29) is 18.6 Å². The molecule has 0 N–H and O–H groups in total. The summed E-state index contributed by atoms with van der Waals surface area (Å²) >= 11 is 0. The van der Waals surface area contributed by atoms with Crippen LogP contribution in [0.3, 0.4) is 0 Å². The van der Waals surface area contributed by atoms with Gasteiger partial charge in [0.15, 0.2) is 0 Å². The van der Waals surface area contributed by atoms with Crippen LogP contribution in [-0.4, -0.2) is 24.1 Å². The van der Waals surface area contributed by atoms with Crippen LogP contribution in [0.15, 0.2) is 24.3 Å². The number of hydrogen-bond acceptors (Lipinski definition) is 4. The van der Waals surface area contributed by atoms with Gasteiger partial charge >= 0.3 is 5.97 Å². The van der Waals surface area contributed by atoms with Crippen LogP contribution in [0.2, 0.25) is 0 Å². The molecule has 96 valence electrons. The highest BCUT2D eigenvalue weighted by atomic mass is 19.1. The van der Waals surface area contributed by atoms with Gasteiger partial charge in [0.25, 0.3) is 0 Å². The third kappa shape index (κ3) is 4.08. The molecule has 0 amide bonds. The number of ether oxygens (including phenoxy) is 1. The quantitative estimate of drug-likeness (QED) is 0.437. The Balaban J connectivity index is 2.55. The fourth-order valence-electron chi connectivity index (χ4n) is 1.38. The number of halogens is 1. The number of carbonyl (C=O) groups is 3. The topological polar surface area (TPSA) is 60.4 Å². The minimum absolute atomic E-state index is 0.0755. The highest BCUT2D eigenvalue weighted by molar-refractivity contribution is 6.37. The molecule has 0 aliphatic heterocycles. The SMILES string of the molecule is CCOC(=O)C(=O)CC(=O)Cc1ccccc1F. The Labute approximate surface area is 104 Å². The van der Waals surface area contributed by atoms with Crippen molar-refractivity contribution in [3.63, 3.8) is 0 Å². The first-order valence-electron chi connectivity index (χ1n) is 5.49. The Morgan fingerprint density at radius 2 is 1.89 bits per heavy atom. The van der Waals surface area contributed by atoms with Crippen LogP contribution in [-0.2, 0) is 25.5 Å². The highest BCUT2D eigenvalue weighted by Crippen LogP contribution is 2.08. The van der Waals surface area contributed by atoms with Gasteiger partial charge in [0.2, 0.25) is 5.78 Å². The van der Waals surface area contributed by atoms with Crippen LogP contribution >= 0.6 is 0 Å². The molecule has 0 spiro atoms. The van der Waals surface area contributed by atoms with Crippen molar-refractivity contribution in [2.24, 2.45) is 0 Å². The Hall–Kier alpha value is -2.04. The first kappa shape index (κ1) is 14.0. The number of carbonyl (C=O) groups excluding carboxylic acids is 3. The molecular weight excluding hydrogens is 239 g/mol. The molecule has 1 aromatic carbocycles. The molecule has 0 bridgehead atoms. The molecule has 0 fully saturated rings. The van der Waals surface area contributed by atoms with Gasteiger partial charge in [0, 0.05) is 6.42 Å². The summed E-state index contributed by atoms with van der Waals surface area (Å²) in [6, 6.07) is 5.80. The highest BCUT2D eigenvalue weighted by Gasteiger charge is 2.19. The van der Waals surface area contributed by atoms with Gasteiger partial charge in [-0.05, 0) is 18.6 Å². The molecule has 0 heterocycles. The van der Waals surface area contributed by atoms with E-state index in [0.717, 1.165) is 0 Å². The van der Waals surface area contributed by atoms with Gasteiger partial charge in [-0.2, -0.15) is 0 Å². The predicted octanol–water partition coefficient (Wildman–Crippen LogP) is 1.46. The zero-order chi connectivity index (χ0) is 13.5. The van der Waals surface area contributed by atoms with Crippen molar-refractivity contribution < 1.29 is 23.5 Å². The fraction of sp³-hybridized carbons (Fsp3) is 0.308. The molecule has 0 unspecified atom stereocenters. The molecular formula is C13H13FO4. The number of Topliss-reactive ketones (excluding diaryl/α,β-unsaturated/α-hetero) is 2. The third-order valence-electron chi connectivity index (χ3n) is 2.21. The Bertz CT molecular complexity index is 468. The minimum atomic E-state index is -1.03. The summed E-state index contributed by atoms with van der Waals surface area (Å²) in [5.41, 5.74) is 0.208. The van der Waals surface area contributed by atoms with Crippen molar-refractivity contribution in [1.82, 2.24) is 0 Å². The van der Waals surface area contributed by atoms with Crippen LogP contribution in [0.4, 0.5) is 4.39 Å². The second-order valence-electron chi connectivity index (χ2n) is 3.63. The summed E-state index contributed by atoms with van der Waals surface area (Å²) in [5.74, 6) is -2.95. The smallest absolute Gasteiger partial charge is 0.375 e. The average molecular weight is 252 g/mol. The first-order valence-corrected chi connectivity index (χ1v) is 5.49. The van der Waals surface area contributed by atoms with Gasteiger partial charge in [-0.25, -0.2) is 9.18 Å². The van der Waals surface area contributed by atoms with Gasteiger partial charge in [-0.15, -0.1) is 0 Å².